The highest BCUT2D eigenvalue weighted by Crippen LogP contribution is 2.37. The summed E-state index contributed by atoms with van der Waals surface area (Å²) in [6, 6.07) is 13.5. The maximum atomic E-state index is 13.0. The van der Waals surface area contributed by atoms with Crippen molar-refractivity contribution >= 4 is 29.2 Å². The smallest absolute Gasteiger partial charge is 0.360 e. The molecule has 0 aliphatic rings. The van der Waals surface area contributed by atoms with E-state index in [0.29, 0.717) is 27.0 Å². The number of hydrogen-bond donors (Lipinski definition) is 2. The minimum Gasteiger partial charge on any atom is -0.487 e. The molecule has 1 aromatic heterocycles. The first-order valence-corrected chi connectivity index (χ1v) is 10.0. The predicted octanol–water partition coefficient (Wildman–Crippen LogP) is 5.17. The van der Waals surface area contributed by atoms with Crippen LogP contribution in [0.25, 0.3) is 16.9 Å². The molecule has 6 nitrogen and oxygen atoms in total. The van der Waals surface area contributed by atoms with Gasteiger partial charge in [-0.05, 0) is 24.3 Å². The Hall–Kier alpha value is -2.68. The average Bonchev–Trinajstić information content (AvgIpc) is 3.07. The van der Waals surface area contributed by atoms with Crippen LogP contribution in [0, 0.1) is 0 Å². The zero-order chi connectivity index (χ0) is 22.6. The molecule has 10 heteroatoms. The highest BCUT2D eigenvalue weighted by atomic mass is 35.5. The lowest BCUT2D eigenvalue weighted by molar-refractivity contribution is 0.0222. The van der Waals surface area contributed by atoms with Crippen LogP contribution < -0.4 is 10.1 Å². The van der Waals surface area contributed by atoms with E-state index in [4.69, 9.17) is 27.9 Å². The molecule has 0 aliphatic heterocycles. The van der Waals surface area contributed by atoms with Crippen molar-refractivity contribution in [3.63, 3.8) is 0 Å². The van der Waals surface area contributed by atoms with Crippen LogP contribution in [0.4, 0.5) is 8.78 Å². The number of halogens is 4. The number of benzene rings is 2. The second-order valence-electron chi connectivity index (χ2n) is 6.80. The molecule has 0 unspecified atom stereocenters. The highest BCUT2D eigenvalue weighted by Gasteiger charge is 2.27. The summed E-state index contributed by atoms with van der Waals surface area (Å²) in [5.41, 5.74) is 1.07. The van der Waals surface area contributed by atoms with Crippen LogP contribution in [-0.2, 0) is 0 Å². The van der Waals surface area contributed by atoms with Gasteiger partial charge in [0, 0.05) is 24.1 Å². The molecule has 0 bridgehead atoms. The Kier molecular flexibility index (Phi) is 7.15. The quantitative estimate of drug-likeness (QED) is 0.422. The molecule has 0 saturated heterocycles. The number of aromatic carboxylic acids is 1. The van der Waals surface area contributed by atoms with E-state index in [-0.39, 0.29) is 24.6 Å². The summed E-state index contributed by atoms with van der Waals surface area (Å²) in [6.45, 7) is 0.311. The Balaban J connectivity index is 2.04. The van der Waals surface area contributed by atoms with E-state index in [2.05, 4.69) is 10.4 Å². The van der Waals surface area contributed by atoms with Gasteiger partial charge < -0.3 is 15.2 Å². The third-order valence-corrected chi connectivity index (χ3v) is 4.78. The predicted molar refractivity (Wildman–Crippen MR) is 115 cm³/mol. The van der Waals surface area contributed by atoms with Crippen LogP contribution in [0.15, 0.2) is 48.5 Å². The van der Waals surface area contributed by atoms with Gasteiger partial charge in [-0.15, -0.1) is 0 Å². The summed E-state index contributed by atoms with van der Waals surface area (Å²) in [5, 5.41) is 17.3. The molecule has 0 radical (unpaired) electrons. The number of aromatic nitrogens is 2. The SMILES string of the molecule is CC(F)(F)CNCCOc1c(C(=O)O)nn(-c2ccccc2Cl)c1-c1ccc(Cl)cc1. The number of carbonyl (C=O) groups is 1. The van der Waals surface area contributed by atoms with Gasteiger partial charge in [0.2, 0.25) is 5.69 Å². The second kappa shape index (κ2) is 9.64. The van der Waals surface area contributed by atoms with Crippen LogP contribution >= 0.6 is 23.2 Å². The standard InChI is InChI=1S/C21H19Cl2F2N3O3/c1-21(24,25)12-26-10-11-31-19-17(20(29)30)27-28(16-5-3-2-4-15(16)23)18(19)13-6-8-14(22)9-7-13/h2-9,26H,10-12H2,1H3,(H,29,30). The lowest BCUT2D eigenvalue weighted by atomic mass is 10.1. The molecule has 164 valence electrons. The number of hydrogen-bond acceptors (Lipinski definition) is 4. The molecule has 3 aromatic rings. The highest BCUT2D eigenvalue weighted by molar-refractivity contribution is 6.32. The molecule has 0 atom stereocenters. The maximum Gasteiger partial charge on any atom is 0.360 e. The monoisotopic (exact) mass is 469 g/mol. The van der Waals surface area contributed by atoms with Gasteiger partial charge in [-0.1, -0.05) is 47.5 Å². The van der Waals surface area contributed by atoms with Crippen LogP contribution in [-0.4, -0.2) is 46.5 Å². The third kappa shape index (κ3) is 5.72. The van der Waals surface area contributed by atoms with Gasteiger partial charge in [-0.25, -0.2) is 18.3 Å². The lowest BCUT2D eigenvalue weighted by Crippen LogP contribution is -2.32. The van der Waals surface area contributed by atoms with Crippen LogP contribution in [0.5, 0.6) is 5.75 Å². The van der Waals surface area contributed by atoms with Crippen molar-refractivity contribution in [3.05, 3.63) is 64.3 Å². The van der Waals surface area contributed by atoms with Crippen molar-refractivity contribution in [2.45, 2.75) is 12.8 Å². The first-order valence-electron chi connectivity index (χ1n) is 9.26. The fraction of sp³-hybridized carbons (Fsp3) is 0.238. The zero-order valence-electron chi connectivity index (χ0n) is 16.4. The lowest BCUT2D eigenvalue weighted by Gasteiger charge is -2.14. The Bertz CT molecular complexity index is 1070. The van der Waals surface area contributed by atoms with Gasteiger partial charge in [-0.3, -0.25) is 0 Å². The molecule has 0 saturated carbocycles. The largest absolute Gasteiger partial charge is 0.487 e. The minimum absolute atomic E-state index is 0.000184. The summed E-state index contributed by atoms with van der Waals surface area (Å²) in [7, 11) is 0. The molecular formula is C21H19Cl2F2N3O3. The van der Waals surface area contributed by atoms with E-state index in [1.54, 1.807) is 48.5 Å². The maximum absolute atomic E-state index is 13.0. The third-order valence-electron chi connectivity index (χ3n) is 4.20. The fourth-order valence-corrected chi connectivity index (χ4v) is 3.21. The average molecular weight is 470 g/mol. The van der Waals surface area contributed by atoms with Crippen molar-refractivity contribution in [1.82, 2.24) is 15.1 Å². The number of nitrogens with one attached hydrogen (secondary N) is 1. The molecule has 1 heterocycles. The van der Waals surface area contributed by atoms with Gasteiger partial charge in [0.15, 0.2) is 5.75 Å². The number of carboxylic acids is 1. The van der Waals surface area contributed by atoms with Gasteiger partial charge in [0.1, 0.15) is 12.3 Å². The molecule has 2 N–H and O–H groups in total. The van der Waals surface area contributed by atoms with E-state index < -0.39 is 18.4 Å². The molecule has 2 aromatic carbocycles. The number of carboxylic acid groups (broad SMARTS) is 1. The molecular weight excluding hydrogens is 451 g/mol. The van der Waals surface area contributed by atoms with Crippen molar-refractivity contribution < 1.29 is 23.4 Å². The van der Waals surface area contributed by atoms with E-state index in [1.807, 2.05) is 0 Å². The summed E-state index contributed by atoms with van der Waals surface area (Å²) >= 11 is 12.3. The Morgan fingerprint density at radius 1 is 1.19 bits per heavy atom. The number of alkyl halides is 2. The van der Waals surface area contributed by atoms with Crippen molar-refractivity contribution in [2.75, 3.05) is 19.7 Å². The molecule has 0 aliphatic carbocycles. The first kappa shape index (κ1) is 23.0. The van der Waals surface area contributed by atoms with Crippen LogP contribution in [0.1, 0.15) is 17.4 Å². The van der Waals surface area contributed by atoms with Crippen molar-refractivity contribution in [2.24, 2.45) is 0 Å². The molecule has 0 fully saturated rings. The number of rotatable bonds is 9. The topological polar surface area (TPSA) is 76.4 Å². The molecule has 0 spiro atoms. The van der Waals surface area contributed by atoms with Crippen molar-refractivity contribution in [3.8, 4) is 22.7 Å². The Morgan fingerprint density at radius 2 is 1.87 bits per heavy atom. The molecule has 31 heavy (non-hydrogen) atoms. The minimum atomic E-state index is -2.87. The van der Waals surface area contributed by atoms with Gasteiger partial charge >= 0.3 is 5.97 Å². The van der Waals surface area contributed by atoms with E-state index in [0.717, 1.165) is 6.92 Å². The van der Waals surface area contributed by atoms with Gasteiger partial charge in [-0.2, -0.15) is 5.10 Å². The summed E-state index contributed by atoms with van der Waals surface area (Å²) in [5.74, 6) is -4.17. The van der Waals surface area contributed by atoms with Gasteiger partial charge in [0.05, 0.1) is 17.3 Å². The number of nitrogens with zero attached hydrogens (tertiary/aromatic N) is 2. The number of para-hydroxylation sites is 1. The zero-order valence-corrected chi connectivity index (χ0v) is 17.9. The molecule has 3 rings (SSSR count). The Labute approximate surface area is 187 Å². The second-order valence-corrected chi connectivity index (χ2v) is 7.64. The van der Waals surface area contributed by atoms with E-state index in [9.17, 15) is 18.7 Å². The van der Waals surface area contributed by atoms with Crippen molar-refractivity contribution in [1.29, 1.82) is 0 Å². The Morgan fingerprint density at radius 3 is 2.48 bits per heavy atom. The van der Waals surface area contributed by atoms with E-state index in [1.165, 1.54) is 4.68 Å². The van der Waals surface area contributed by atoms with Gasteiger partial charge in [0.25, 0.3) is 5.92 Å². The summed E-state index contributed by atoms with van der Waals surface area (Å²) in [6.07, 6.45) is 0. The van der Waals surface area contributed by atoms with E-state index >= 15 is 0 Å². The summed E-state index contributed by atoms with van der Waals surface area (Å²) in [4.78, 5) is 11.9. The van der Waals surface area contributed by atoms with Crippen LogP contribution in [0.3, 0.4) is 0 Å². The van der Waals surface area contributed by atoms with Crippen LogP contribution in [0.2, 0.25) is 10.0 Å². The summed E-state index contributed by atoms with van der Waals surface area (Å²) < 4.78 is 33.1. The molecule has 0 amide bonds. The number of ether oxygens (including phenoxy) is 1. The fourth-order valence-electron chi connectivity index (χ4n) is 2.87. The first-order chi connectivity index (χ1) is 14.7. The normalized spacial score (nSPS) is 11.5.